The molecule has 86 valence electrons. The van der Waals surface area contributed by atoms with Crippen LogP contribution in [0.5, 0.6) is 0 Å². The van der Waals surface area contributed by atoms with Gasteiger partial charge in [-0.15, -0.1) is 0 Å². The first kappa shape index (κ1) is 10.1. The van der Waals surface area contributed by atoms with E-state index in [4.69, 9.17) is 9.15 Å². The molecular formula is C12H10N2O3. The normalized spacial score (nSPS) is 17.6. The molecule has 2 heterocycles. The van der Waals surface area contributed by atoms with Crippen molar-refractivity contribution in [1.29, 1.82) is 5.26 Å². The summed E-state index contributed by atoms with van der Waals surface area (Å²) in [4.78, 5) is 11.4. The monoisotopic (exact) mass is 230 g/mol. The minimum absolute atomic E-state index is 0.395. The molecule has 0 saturated carbocycles. The summed E-state index contributed by atoms with van der Waals surface area (Å²) in [6.45, 7) is 0.807. The molecule has 1 saturated heterocycles. The quantitative estimate of drug-likeness (QED) is 0.730. The van der Waals surface area contributed by atoms with Gasteiger partial charge in [0.25, 0.3) is 0 Å². The molecule has 0 unspecified atom stereocenters. The molecule has 0 spiro atoms. The lowest BCUT2D eigenvalue weighted by atomic mass is 9.80. The van der Waals surface area contributed by atoms with E-state index in [-0.39, 0.29) is 0 Å². The van der Waals surface area contributed by atoms with Gasteiger partial charge in [-0.05, 0) is 17.7 Å². The van der Waals surface area contributed by atoms with Crippen molar-refractivity contribution in [3.63, 3.8) is 0 Å². The van der Waals surface area contributed by atoms with Crippen LogP contribution in [-0.2, 0) is 17.2 Å². The van der Waals surface area contributed by atoms with Gasteiger partial charge in [0.2, 0.25) is 0 Å². The Hall–Kier alpha value is -2.06. The zero-order valence-corrected chi connectivity index (χ0v) is 9.27. The van der Waals surface area contributed by atoms with Crippen LogP contribution in [0, 0.1) is 11.3 Å². The maximum atomic E-state index is 11.4. The van der Waals surface area contributed by atoms with Crippen LogP contribution < -0.4 is 5.76 Å². The lowest BCUT2D eigenvalue weighted by Gasteiger charge is -2.35. The van der Waals surface area contributed by atoms with E-state index < -0.39 is 11.2 Å². The van der Waals surface area contributed by atoms with Crippen molar-refractivity contribution in [2.24, 2.45) is 7.05 Å². The molecule has 1 aliphatic heterocycles. The number of fused-ring (bicyclic) bond motifs is 1. The average Bonchev–Trinajstić information content (AvgIpc) is 2.55. The Kier molecular flexibility index (Phi) is 1.91. The van der Waals surface area contributed by atoms with Gasteiger partial charge in [0.05, 0.1) is 24.8 Å². The van der Waals surface area contributed by atoms with Crippen LogP contribution in [-0.4, -0.2) is 17.8 Å². The fourth-order valence-corrected chi connectivity index (χ4v) is 2.03. The van der Waals surface area contributed by atoms with E-state index in [0.717, 1.165) is 5.56 Å². The van der Waals surface area contributed by atoms with Crippen LogP contribution in [0.3, 0.4) is 0 Å². The molecule has 1 fully saturated rings. The highest BCUT2D eigenvalue weighted by molar-refractivity contribution is 5.74. The standard InChI is InChI=1S/C12H10N2O3/c1-14-9-4-8(12(5-13)6-16-7-12)2-3-10(9)17-11(14)15/h2-4H,6-7H2,1H3. The number of ether oxygens (including phenoxy) is 1. The molecule has 0 atom stereocenters. The van der Waals surface area contributed by atoms with Gasteiger partial charge in [-0.25, -0.2) is 4.79 Å². The molecular weight excluding hydrogens is 220 g/mol. The van der Waals surface area contributed by atoms with E-state index in [1.807, 2.05) is 12.1 Å². The summed E-state index contributed by atoms with van der Waals surface area (Å²) in [5.74, 6) is -0.395. The van der Waals surface area contributed by atoms with E-state index in [1.54, 1.807) is 13.1 Å². The van der Waals surface area contributed by atoms with Gasteiger partial charge in [-0.2, -0.15) is 5.26 Å². The molecule has 0 bridgehead atoms. The van der Waals surface area contributed by atoms with Gasteiger partial charge in [-0.1, -0.05) is 6.07 Å². The Balaban J connectivity index is 2.23. The smallest absolute Gasteiger partial charge is 0.408 e. The van der Waals surface area contributed by atoms with Crippen LogP contribution in [0.25, 0.3) is 11.1 Å². The van der Waals surface area contributed by atoms with Gasteiger partial charge in [0.1, 0.15) is 5.41 Å². The average molecular weight is 230 g/mol. The lowest BCUT2D eigenvalue weighted by Crippen LogP contribution is -2.45. The third-order valence-corrected chi connectivity index (χ3v) is 3.25. The second-order valence-electron chi connectivity index (χ2n) is 4.30. The summed E-state index contributed by atoms with van der Waals surface area (Å²) in [5, 5.41) is 9.21. The molecule has 0 radical (unpaired) electrons. The number of hydrogen-bond donors (Lipinski definition) is 0. The van der Waals surface area contributed by atoms with Gasteiger partial charge in [0.15, 0.2) is 5.58 Å². The van der Waals surface area contributed by atoms with E-state index in [0.29, 0.717) is 24.3 Å². The zero-order chi connectivity index (χ0) is 12.0. The maximum Gasteiger partial charge on any atom is 0.419 e. The van der Waals surface area contributed by atoms with Gasteiger partial charge >= 0.3 is 5.76 Å². The number of nitrogens with zero attached hydrogens (tertiary/aromatic N) is 2. The largest absolute Gasteiger partial charge is 0.419 e. The second kappa shape index (κ2) is 3.22. The number of benzene rings is 1. The van der Waals surface area contributed by atoms with Crippen LogP contribution in [0.15, 0.2) is 27.4 Å². The van der Waals surface area contributed by atoms with E-state index >= 15 is 0 Å². The molecule has 0 N–H and O–H groups in total. The second-order valence-corrected chi connectivity index (χ2v) is 4.30. The number of rotatable bonds is 1. The predicted molar refractivity (Wildman–Crippen MR) is 59.6 cm³/mol. The Morgan fingerprint density at radius 1 is 1.47 bits per heavy atom. The van der Waals surface area contributed by atoms with Crippen LogP contribution >= 0.6 is 0 Å². The number of aryl methyl sites for hydroxylation is 1. The first-order chi connectivity index (χ1) is 8.16. The van der Waals surface area contributed by atoms with Crippen molar-refractivity contribution in [1.82, 2.24) is 4.57 Å². The Morgan fingerprint density at radius 2 is 2.24 bits per heavy atom. The van der Waals surface area contributed by atoms with Gasteiger partial charge in [-0.3, -0.25) is 4.57 Å². The molecule has 17 heavy (non-hydrogen) atoms. The van der Waals surface area contributed by atoms with Crippen molar-refractivity contribution in [2.75, 3.05) is 13.2 Å². The van der Waals surface area contributed by atoms with E-state index in [1.165, 1.54) is 4.57 Å². The summed E-state index contributed by atoms with van der Waals surface area (Å²) < 4.78 is 11.6. The molecule has 5 heteroatoms. The van der Waals surface area contributed by atoms with Gasteiger partial charge in [0, 0.05) is 7.05 Å². The number of aromatic nitrogens is 1. The number of hydrogen-bond acceptors (Lipinski definition) is 4. The van der Waals surface area contributed by atoms with E-state index in [2.05, 4.69) is 6.07 Å². The van der Waals surface area contributed by atoms with Crippen LogP contribution in [0.2, 0.25) is 0 Å². The maximum absolute atomic E-state index is 11.4. The Bertz CT molecular complexity index is 686. The fourth-order valence-electron chi connectivity index (χ4n) is 2.03. The van der Waals surface area contributed by atoms with Crippen molar-refractivity contribution in [3.05, 3.63) is 34.3 Å². The zero-order valence-electron chi connectivity index (χ0n) is 9.27. The highest BCUT2D eigenvalue weighted by Gasteiger charge is 2.41. The molecule has 1 aromatic heterocycles. The van der Waals surface area contributed by atoms with Crippen molar-refractivity contribution < 1.29 is 9.15 Å². The van der Waals surface area contributed by atoms with Crippen molar-refractivity contribution in [2.45, 2.75) is 5.41 Å². The number of oxazole rings is 1. The molecule has 0 aliphatic carbocycles. The number of nitriles is 1. The molecule has 3 rings (SSSR count). The Morgan fingerprint density at radius 3 is 2.82 bits per heavy atom. The molecule has 0 amide bonds. The summed E-state index contributed by atoms with van der Waals surface area (Å²) in [5.41, 5.74) is 1.54. The Labute approximate surface area is 96.8 Å². The molecule has 5 nitrogen and oxygen atoms in total. The van der Waals surface area contributed by atoms with Crippen LogP contribution in [0.1, 0.15) is 5.56 Å². The summed E-state index contributed by atoms with van der Waals surface area (Å²) in [7, 11) is 1.65. The first-order valence-corrected chi connectivity index (χ1v) is 5.25. The summed E-state index contributed by atoms with van der Waals surface area (Å²) in [6.07, 6.45) is 0. The van der Waals surface area contributed by atoms with Crippen LogP contribution in [0.4, 0.5) is 0 Å². The molecule has 1 aliphatic rings. The third-order valence-electron chi connectivity index (χ3n) is 3.25. The van der Waals surface area contributed by atoms with E-state index in [9.17, 15) is 10.1 Å². The SMILES string of the molecule is Cn1c(=O)oc2ccc(C3(C#N)COC3)cc21. The lowest BCUT2D eigenvalue weighted by molar-refractivity contribution is -0.0297. The summed E-state index contributed by atoms with van der Waals surface area (Å²) >= 11 is 0. The molecule has 1 aromatic carbocycles. The fraction of sp³-hybridized carbons (Fsp3) is 0.333. The molecule has 2 aromatic rings. The predicted octanol–water partition coefficient (Wildman–Crippen LogP) is 0.923. The third kappa shape index (κ3) is 1.25. The van der Waals surface area contributed by atoms with Gasteiger partial charge < -0.3 is 9.15 Å². The minimum atomic E-state index is -0.568. The first-order valence-electron chi connectivity index (χ1n) is 5.25. The van der Waals surface area contributed by atoms with Crippen molar-refractivity contribution >= 4 is 11.1 Å². The topological polar surface area (TPSA) is 68.2 Å². The summed E-state index contributed by atoms with van der Waals surface area (Å²) in [6, 6.07) is 7.65. The highest BCUT2D eigenvalue weighted by Crippen LogP contribution is 2.33. The van der Waals surface area contributed by atoms with Crippen molar-refractivity contribution in [3.8, 4) is 6.07 Å². The minimum Gasteiger partial charge on any atom is -0.408 e. The highest BCUT2D eigenvalue weighted by atomic mass is 16.5.